The Kier molecular flexibility index (Phi) is 4.72. The maximum absolute atomic E-state index is 12.2. The molecule has 0 saturated carbocycles. The van der Waals surface area contributed by atoms with Gasteiger partial charge in [-0.25, -0.2) is 13.1 Å². The van der Waals surface area contributed by atoms with Crippen molar-refractivity contribution in [2.75, 3.05) is 12.3 Å². The van der Waals surface area contributed by atoms with Gasteiger partial charge in [0.05, 0.1) is 11.5 Å². The molecule has 0 radical (unpaired) electrons. The third kappa shape index (κ3) is 3.01. The monoisotopic (exact) mass is 272 g/mol. The van der Waals surface area contributed by atoms with Crippen molar-refractivity contribution in [2.24, 2.45) is 0 Å². The summed E-state index contributed by atoms with van der Waals surface area (Å²) in [6.07, 6.45) is 0.524. The molecule has 1 atom stereocenters. The Morgan fingerprint density at radius 2 is 2.00 bits per heavy atom. The summed E-state index contributed by atoms with van der Waals surface area (Å²) in [4.78, 5) is 0.164. The van der Waals surface area contributed by atoms with Crippen LogP contribution in [0.25, 0.3) is 0 Å². The highest BCUT2D eigenvalue weighted by molar-refractivity contribution is 7.89. The van der Waals surface area contributed by atoms with E-state index in [4.69, 9.17) is 10.8 Å². The summed E-state index contributed by atoms with van der Waals surface area (Å²) in [6.45, 7) is 5.08. The average Bonchev–Trinajstić information content (AvgIpc) is 2.32. The van der Waals surface area contributed by atoms with Crippen LogP contribution in [0.5, 0.6) is 0 Å². The molecule has 1 unspecified atom stereocenters. The number of hydrogen-bond donors (Lipinski definition) is 3. The maximum Gasteiger partial charge on any atom is 0.241 e. The highest BCUT2D eigenvalue weighted by Gasteiger charge is 2.21. The van der Waals surface area contributed by atoms with Gasteiger partial charge in [0.15, 0.2) is 0 Å². The minimum Gasteiger partial charge on any atom is -0.398 e. The molecule has 0 bridgehead atoms. The van der Waals surface area contributed by atoms with E-state index in [1.807, 2.05) is 6.92 Å². The van der Waals surface area contributed by atoms with Gasteiger partial charge in [-0.05, 0) is 37.5 Å². The maximum atomic E-state index is 12.2. The second-order valence-electron chi connectivity index (χ2n) is 4.33. The number of sulfonamides is 1. The second kappa shape index (κ2) is 5.69. The van der Waals surface area contributed by atoms with Gasteiger partial charge >= 0.3 is 0 Å². The molecule has 1 rings (SSSR count). The van der Waals surface area contributed by atoms with E-state index in [1.165, 1.54) is 6.07 Å². The van der Waals surface area contributed by atoms with Crippen LogP contribution in [0.3, 0.4) is 0 Å². The topological polar surface area (TPSA) is 92.4 Å². The molecule has 4 N–H and O–H groups in total. The molecule has 0 aliphatic heterocycles. The van der Waals surface area contributed by atoms with Crippen molar-refractivity contribution in [1.29, 1.82) is 0 Å². The summed E-state index contributed by atoms with van der Waals surface area (Å²) in [5, 5.41) is 9.05. The zero-order chi connectivity index (χ0) is 13.9. The molecular formula is C12H20N2O3S. The van der Waals surface area contributed by atoms with Gasteiger partial charge < -0.3 is 10.8 Å². The average molecular weight is 272 g/mol. The summed E-state index contributed by atoms with van der Waals surface area (Å²) in [5.41, 5.74) is 7.70. The summed E-state index contributed by atoms with van der Waals surface area (Å²) in [6, 6.07) is 2.74. The van der Waals surface area contributed by atoms with E-state index in [-0.39, 0.29) is 11.5 Å². The Bertz CT molecular complexity index is 522. The van der Waals surface area contributed by atoms with Crippen LogP contribution in [-0.4, -0.2) is 26.2 Å². The Labute approximate surface area is 108 Å². The summed E-state index contributed by atoms with van der Waals surface area (Å²) < 4.78 is 26.8. The van der Waals surface area contributed by atoms with Gasteiger partial charge in [-0.3, -0.25) is 0 Å². The molecule has 18 heavy (non-hydrogen) atoms. The molecule has 0 amide bonds. The lowest BCUT2D eigenvalue weighted by molar-refractivity contribution is 0.254. The Balaban J connectivity index is 3.17. The Hall–Kier alpha value is -1.11. The first-order chi connectivity index (χ1) is 8.33. The Morgan fingerprint density at radius 1 is 1.39 bits per heavy atom. The molecule has 0 fully saturated rings. The number of anilines is 1. The van der Waals surface area contributed by atoms with E-state index in [9.17, 15) is 8.42 Å². The molecule has 0 heterocycles. The minimum absolute atomic E-state index is 0.164. The van der Waals surface area contributed by atoms with Gasteiger partial charge in [-0.1, -0.05) is 13.0 Å². The number of benzene rings is 1. The molecule has 6 heteroatoms. The molecular weight excluding hydrogens is 252 g/mol. The number of nitrogens with one attached hydrogen (secondary N) is 1. The summed E-state index contributed by atoms with van der Waals surface area (Å²) in [5.74, 6) is 0. The lowest BCUT2D eigenvalue weighted by Gasteiger charge is -2.17. The van der Waals surface area contributed by atoms with Crippen LogP contribution in [0.15, 0.2) is 17.0 Å². The molecule has 1 aromatic carbocycles. The van der Waals surface area contributed by atoms with Crippen molar-refractivity contribution in [3.05, 3.63) is 23.3 Å². The standard InChI is InChI=1S/C12H20N2O3S/c1-4-10(7-15)14-18(16,17)11-6-5-8(2)12(13)9(11)3/h5-6,10,14-15H,4,7,13H2,1-3H3. The molecule has 102 valence electrons. The van der Waals surface area contributed by atoms with Crippen LogP contribution in [-0.2, 0) is 10.0 Å². The third-order valence-electron chi connectivity index (χ3n) is 3.01. The molecule has 0 aliphatic rings. The second-order valence-corrected chi connectivity index (χ2v) is 6.01. The first kappa shape index (κ1) is 14.9. The van der Waals surface area contributed by atoms with Crippen LogP contribution >= 0.6 is 0 Å². The van der Waals surface area contributed by atoms with Crippen LogP contribution in [0.4, 0.5) is 5.69 Å². The van der Waals surface area contributed by atoms with Crippen LogP contribution in [0, 0.1) is 13.8 Å². The molecule has 0 saturated heterocycles. The zero-order valence-electron chi connectivity index (χ0n) is 10.9. The van der Waals surface area contributed by atoms with Crippen molar-refractivity contribution >= 4 is 15.7 Å². The van der Waals surface area contributed by atoms with Crippen molar-refractivity contribution < 1.29 is 13.5 Å². The van der Waals surface area contributed by atoms with E-state index < -0.39 is 16.1 Å². The third-order valence-corrected chi connectivity index (χ3v) is 4.67. The van der Waals surface area contributed by atoms with Gasteiger partial charge in [0.1, 0.15) is 0 Å². The van der Waals surface area contributed by atoms with E-state index in [1.54, 1.807) is 19.9 Å². The molecule has 5 nitrogen and oxygen atoms in total. The largest absolute Gasteiger partial charge is 0.398 e. The van der Waals surface area contributed by atoms with Gasteiger partial charge in [0.2, 0.25) is 10.0 Å². The first-order valence-electron chi connectivity index (χ1n) is 5.82. The van der Waals surface area contributed by atoms with E-state index >= 15 is 0 Å². The van der Waals surface area contributed by atoms with E-state index in [2.05, 4.69) is 4.72 Å². The predicted octanol–water partition coefficient (Wildman–Crippen LogP) is 0.935. The number of aryl methyl sites for hydroxylation is 1. The van der Waals surface area contributed by atoms with Crippen LogP contribution < -0.4 is 10.5 Å². The van der Waals surface area contributed by atoms with Crippen LogP contribution in [0.1, 0.15) is 24.5 Å². The van der Waals surface area contributed by atoms with Crippen molar-refractivity contribution in [3.8, 4) is 0 Å². The molecule has 0 aliphatic carbocycles. The first-order valence-corrected chi connectivity index (χ1v) is 7.30. The number of aliphatic hydroxyl groups is 1. The lowest BCUT2D eigenvalue weighted by Crippen LogP contribution is -2.37. The number of rotatable bonds is 5. The van der Waals surface area contributed by atoms with Gasteiger partial charge in [0.25, 0.3) is 0 Å². The quantitative estimate of drug-likeness (QED) is 0.695. The van der Waals surface area contributed by atoms with Gasteiger partial charge in [0, 0.05) is 11.7 Å². The van der Waals surface area contributed by atoms with Crippen molar-refractivity contribution in [1.82, 2.24) is 4.72 Å². The number of aliphatic hydroxyl groups excluding tert-OH is 1. The van der Waals surface area contributed by atoms with Gasteiger partial charge in [-0.15, -0.1) is 0 Å². The highest BCUT2D eigenvalue weighted by Crippen LogP contribution is 2.24. The number of nitrogens with two attached hydrogens (primary N) is 1. The van der Waals surface area contributed by atoms with Crippen LogP contribution in [0.2, 0.25) is 0 Å². The van der Waals surface area contributed by atoms with Crippen molar-refractivity contribution in [3.63, 3.8) is 0 Å². The number of hydrogen-bond acceptors (Lipinski definition) is 4. The summed E-state index contributed by atoms with van der Waals surface area (Å²) in [7, 11) is -3.64. The molecule has 0 aromatic heterocycles. The fraction of sp³-hybridized carbons (Fsp3) is 0.500. The Morgan fingerprint density at radius 3 is 2.50 bits per heavy atom. The SMILES string of the molecule is CCC(CO)NS(=O)(=O)c1ccc(C)c(N)c1C. The lowest BCUT2D eigenvalue weighted by atomic mass is 10.1. The molecule has 0 spiro atoms. The molecule has 1 aromatic rings. The smallest absolute Gasteiger partial charge is 0.241 e. The summed E-state index contributed by atoms with van der Waals surface area (Å²) >= 11 is 0. The fourth-order valence-electron chi connectivity index (χ4n) is 1.67. The minimum atomic E-state index is -3.64. The van der Waals surface area contributed by atoms with Gasteiger partial charge in [-0.2, -0.15) is 0 Å². The predicted molar refractivity (Wildman–Crippen MR) is 71.8 cm³/mol. The van der Waals surface area contributed by atoms with Crippen molar-refractivity contribution in [2.45, 2.75) is 38.1 Å². The number of nitrogen functional groups attached to an aromatic ring is 1. The zero-order valence-corrected chi connectivity index (χ0v) is 11.7. The fourth-order valence-corrected chi connectivity index (χ4v) is 3.23. The normalized spacial score (nSPS) is 13.6. The van der Waals surface area contributed by atoms with E-state index in [0.29, 0.717) is 17.7 Å². The highest BCUT2D eigenvalue weighted by atomic mass is 32.2. The van der Waals surface area contributed by atoms with E-state index in [0.717, 1.165) is 5.56 Å².